The van der Waals surface area contributed by atoms with Gasteiger partial charge in [-0.1, -0.05) is 6.58 Å². The van der Waals surface area contributed by atoms with Gasteiger partial charge in [-0.15, -0.1) is 0 Å². The van der Waals surface area contributed by atoms with E-state index in [0.29, 0.717) is 0 Å². The Bertz CT molecular complexity index is 596. The predicted octanol–water partition coefficient (Wildman–Crippen LogP) is -0.858. The molecule has 3 fully saturated rings. The lowest BCUT2D eigenvalue weighted by molar-refractivity contribution is -0.149. The first-order valence-corrected chi connectivity index (χ1v) is 7.83. The number of rotatable bonds is 5. The molecule has 0 aliphatic carbocycles. The molecule has 21 heavy (non-hydrogen) atoms. The zero-order chi connectivity index (χ0) is 15.4. The SMILES string of the molecule is C=C(C)C(=O)OC1C2OC3C(OS(=O)(=O)C13)C2COC=O. The highest BCUT2D eigenvalue weighted by molar-refractivity contribution is 7.87. The fraction of sp³-hybridized carbons (Fsp3) is 0.667. The average Bonchev–Trinajstić information content (AvgIpc) is 2.97. The van der Waals surface area contributed by atoms with Gasteiger partial charge in [-0.3, -0.25) is 8.98 Å². The van der Waals surface area contributed by atoms with Crippen LogP contribution in [-0.4, -0.2) is 57.1 Å². The predicted molar refractivity (Wildman–Crippen MR) is 66.4 cm³/mol. The highest BCUT2D eigenvalue weighted by Crippen LogP contribution is 2.51. The van der Waals surface area contributed by atoms with Crippen LogP contribution in [0.5, 0.6) is 0 Å². The van der Waals surface area contributed by atoms with E-state index in [1.165, 1.54) is 6.92 Å². The Morgan fingerprint density at radius 1 is 1.33 bits per heavy atom. The van der Waals surface area contributed by atoms with Gasteiger partial charge < -0.3 is 14.2 Å². The second kappa shape index (κ2) is 4.79. The molecule has 3 saturated heterocycles. The first-order valence-electron chi connectivity index (χ1n) is 6.36. The van der Waals surface area contributed by atoms with Crippen molar-refractivity contribution in [3.05, 3.63) is 12.2 Å². The first-order chi connectivity index (χ1) is 9.86. The molecule has 0 saturated carbocycles. The van der Waals surface area contributed by atoms with Crippen molar-refractivity contribution in [3.63, 3.8) is 0 Å². The van der Waals surface area contributed by atoms with Gasteiger partial charge in [-0.05, 0) is 6.92 Å². The molecule has 3 heterocycles. The fourth-order valence-corrected chi connectivity index (χ4v) is 4.90. The molecule has 8 nitrogen and oxygen atoms in total. The number of hydrogen-bond donors (Lipinski definition) is 0. The standard InChI is InChI=1S/C12H14O8S/c1-5(2)12(14)19-9-7-6(3-17-4-13)8-10(18-7)11(9)21(15,16)20-8/h4,6-11H,1,3H2,2H3. The molecule has 0 amide bonds. The topological polar surface area (TPSA) is 105 Å². The molecular formula is C12H14O8S. The molecule has 3 rings (SSSR count). The molecule has 0 spiro atoms. The number of hydrogen-bond acceptors (Lipinski definition) is 8. The quantitative estimate of drug-likeness (QED) is 0.279. The molecule has 6 unspecified atom stereocenters. The van der Waals surface area contributed by atoms with Gasteiger partial charge in [0.05, 0.1) is 12.5 Å². The Labute approximate surface area is 121 Å². The second-order valence-corrected chi connectivity index (χ2v) is 7.05. The summed E-state index contributed by atoms with van der Waals surface area (Å²) in [6, 6.07) is 0. The molecule has 6 atom stereocenters. The van der Waals surface area contributed by atoms with Crippen LogP contribution in [0.1, 0.15) is 6.92 Å². The summed E-state index contributed by atoms with van der Waals surface area (Å²) < 4.78 is 44.6. The second-order valence-electron chi connectivity index (χ2n) is 5.33. The van der Waals surface area contributed by atoms with Crippen molar-refractivity contribution in [2.45, 2.75) is 36.6 Å². The van der Waals surface area contributed by atoms with Crippen LogP contribution >= 0.6 is 0 Å². The number of carbonyl (C=O) groups is 2. The molecule has 0 aromatic rings. The van der Waals surface area contributed by atoms with Crippen molar-refractivity contribution in [2.75, 3.05) is 6.61 Å². The zero-order valence-corrected chi connectivity index (χ0v) is 11.9. The van der Waals surface area contributed by atoms with Gasteiger partial charge in [-0.25, -0.2) is 4.79 Å². The molecule has 0 N–H and O–H groups in total. The third-order valence-electron chi connectivity index (χ3n) is 3.98. The molecule has 2 bridgehead atoms. The monoisotopic (exact) mass is 318 g/mol. The minimum absolute atomic E-state index is 0.0568. The Hall–Kier alpha value is -1.45. The summed E-state index contributed by atoms with van der Waals surface area (Å²) in [5, 5.41) is -1.04. The zero-order valence-electron chi connectivity index (χ0n) is 11.1. The maximum absolute atomic E-state index is 12.0. The van der Waals surface area contributed by atoms with Gasteiger partial charge in [0.15, 0.2) is 11.4 Å². The van der Waals surface area contributed by atoms with E-state index in [0.717, 1.165) is 0 Å². The first kappa shape index (κ1) is 14.5. The van der Waals surface area contributed by atoms with Crippen molar-refractivity contribution in [1.82, 2.24) is 0 Å². The van der Waals surface area contributed by atoms with Crippen LogP contribution in [0.25, 0.3) is 0 Å². The number of carbonyl (C=O) groups excluding carboxylic acids is 2. The fourth-order valence-electron chi connectivity index (χ4n) is 3.12. The smallest absolute Gasteiger partial charge is 0.333 e. The Morgan fingerprint density at radius 3 is 2.67 bits per heavy atom. The van der Waals surface area contributed by atoms with Crippen LogP contribution in [0.4, 0.5) is 0 Å². The summed E-state index contributed by atoms with van der Waals surface area (Å²) in [6.07, 6.45) is -3.07. The van der Waals surface area contributed by atoms with Crippen LogP contribution in [-0.2, 0) is 38.1 Å². The lowest BCUT2D eigenvalue weighted by atomic mass is 9.85. The van der Waals surface area contributed by atoms with E-state index in [2.05, 4.69) is 6.58 Å². The minimum Gasteiger partial charge on any atom is -0.467 e. The van der Waals surface area contributed by atoms with Crippen molar-refractivity contribution in [2.24, 2.45) is 5.92 Å². The third kappa shape index (κ3) is 2.07. The van der Waals surface area contributed by atoms with Gasteiger partial charge in [0, 0.05) is 5.57 Å². The number of esters is 1. The molecular weight excluding hydrogens is 304 g/mol. The van der Waals surface area contributed by atoms with Crippen LogP contribution < -0.4 is 0 Å². The molecule has 0 aromatic carbocycles. The van der Waals surface area contributed by atoms with E-state index in [1.54, 1.807) is 0 Å². The summed E-state index contributed by atoms with van der Waals surface area (Å²) in [6.45, 7) is 5.13. The minimum atomic E-state index is -3.89. The van der Waals surface area contributed by atoms with Crippen molar-refractivity contribution in [1.29, 1.82) is 0 Å². The molecule has 116 valence electrons. The summed E-state index contributed by atoms with van der Waals surface area (Å²) in [4.78, 5) is 22.0. The van der Waals surface area contributed by atoms with Crippen molar-refractivity contribution in [3.8, 4) is 0 Å². The normalized spacial score (nSPS) is 41.8. The van der Waals surface area contributed by atoms with E-state index >= 15 is 0 Å². The largest absolute Gasteiger partial charge is 0.467 e. The van der Waals surface area contributed by atoms with Crippen molar-refractivity contribution < 1.29 is 36.4 Å². The Morgan fingerprint density at radius 2 is 2.05 bits per heavy atom. The van der Waals surface area contributed by atoms with E-state index < -0.39 is 51.7 Å². The maximum atomic E-state index is 12.0. The van der Waals surface area contributed by atoms with E-state index in [-0.39, 0.29) is 18.7 Å². The molecule has 0 aromatic heterocycles. The highest BCUT2D eigenvalue weighted by Gasteiger charge is 2.72. The van der Waals surface area contributed by atoms with Crippen molar-refractivity contribution >= 4 is 22.6 Å². The summed E-state index contributed by atoms with van der Waals surface area (Å²) in [5.41, 5.74) is 0.159. The lowest BCUT2D eigenvalue weighted by Gasteiger charge is -2.27. The van der Waals surface area contributed by atoms with Gasteiger partial charge in [-0.2, -0.15) is 8.42 Å². The van der Waals surface area contributed by atoms with E-state index in [9.17, 15) is 18.0 Å². The number of ether oxygens (including phenoxy) is 3. The summed E-state index contributed by atoms with van der Waals surface area (Å²) >= 11 is 0. The summed E-state index contributed by atoms with van der Waals surface area (Å²) in [5.74, 6) is -1.18. The molecule has 0 radical (unpaired) electrons. The molecule has 3 aliphatic heterocycles. The summed E-state index contributed by atoms with van der Waals surface area (Å²) in [7, 11) is -3.89. The Balaban J connectivity index is 1.88. The van der Waals surface area contributed by atoms with Gasteiger partial charge in [0.1, 0.15) is 18.3 Å². The van der Waals surface area contributed by atoms with Crippen LogP contribution in [0.15, 0.2) is 12.2 Å². The average molecular weight is 318 g/mol. The van der Waals surface area contributed by atoms with Crippen LogP contribution in [0.3, 0.4) is 0 Å². The van der Waals surface area contributed by atoms with E-state index in [4.69, 9.17) is 18.4 Å². The van der Waals surface area contributed by atoms with Crippen LogP contribution in [0, 0.1) is 5.92 Å². The molecule has 3 aliphatic rings. The lowest BCUT2D eigenvalue weighted by Crippen LogP contribution is -2.48. The maximum Gasteiger partial charge on any atom is 0.333 e. The highest BCUT2D eigenvalue weighted by atomic mass is 32.2. The number of fused-ring (bicyclic) bond motifs is 1. The van der Waals surface area contributed by atoms with Gasteiger partial charge in [0.25, 0.3) is 16.6 Å². The third-order valence-corrected chi connectivity index (χ3v) is 5.67. The van der Waals surface area contributed by atoms with Crippen LogP contribution in [0.2, 0.25) is 0 Å². The van der Waals surface area contributed by atoms with E-state index in [1.807, 2.05) is 0 Å². The van der Waals surface area contributed by atoms with Gasteiger partial charge >= 0.3 is 5.97 Å². The molecule has 9 heteroatoms. The van der Waals surface area contributed by atoms with Gasteiger partial charge in [0.2, 0.25) is 0 Å². The Kier molecular flexibility index (Phi) is 3.30.